The molecule has 0 aliphatic heterocycles. The van der Waals surface area contributed by atoms with E-state index < -0.39 is 0 Å². The Bertz CT molecular complexity index is 218. The molecule has 13 heavy (non-hydrogen) atoms. The van der Waals surface area contributed by atoms with Crippen LogP contribution < -0.4 is 5.32 Å². The Kier molecular flexibility index (Phi) is 4.37. The van der Waals surface area contributed by atoms with Crippen LogP contribution in [0.4, 0.5) is 5.69 Å². The van der Waals surface area contributed by atoms with E-state index in [1.54, 1.807) is 0 Å². The summed E-state index contributed by atoms with van der Waals surface area (Å²) in [7, 11) is 0. The second kappa shape index (κ2) is 5.63. The molecule has 1 aromatic carbocycles. The Morgan fingerprint density at radius 1 is 1.46 bits per heavy atom. The Morgan fingerprint density at radius 2 is 2.31 bits per heavy atom. The van der Waals surface area contributed by atoms with Gasteiger partial charge >= 0.3 is 0 Å². The number of hydrogen-bond donors (Lipinski definition) is 1. The van der Waals surface area contributed by atoms with E-state index in [-0.39, 0.29) is 0 Å². The second-order valence-electron chi connectivity index (χ2n) is 3.55. The van der Waals surface area contributed by atoms with Crippen molar-refractivity contribution in [1.29, 1.82) is 0 Å². The van der Waals surface area contributed by atoms with Crippen LogP contribution in [-0.4, -0.2) is 6.54 Å². The van der Waals surface area contributed by atoms with Crippen molar-refractivity contribution >= 4 is 5.69 Å². The van der Waals surface area contributed by atoms with Crippen molar-refractivity contribution in [3.8, 4) is 0 Å². The van der Waals surface area contributed by atoms with Gasteiger partial charge in [-0.05, 0) is 18.4 Å². The molecule has 0 aliphatic carbocycles. The first-order valence-corrected chi connectivity index (χ1v) is 5.03. The van der Waals surface area contributed by atoms with Gasteiger partial charge in [-0.1, -0.05) is 38.5 Å². The number of anilines is 1. The summed E-state index contributed by atoms with van der Waals surface area (Å²) >= 11 is 0. The zero-order valence-electron chi connectivity index (χ0n) is 8.51. The monoisotopic (exact) mass is 176 g/mol. The minimum Gasteiger partial charge on any atom is -0.384 e. The van der Waals surface area contributed by atoms with Crippen LogP contribution in [0.3, 0.4) is 0 Å². The van der Waals surface area contributed by atoms with Crippen molar-refractivity contribution in [3.63, 3.8) is 0 Å². The Labute approximate surface area is 81.2 Å². The Hall–Kier alpha value is -0.980. The van der Waals surface area contributed by atoms with E-state index in [1.165, 1.54) is 12.8 Å². The van der Waals surface area contributed by atoms with Gasteiger partial charge in [-0.25, -0.2) is 0 Å². The number of rotatable bonds is 5. The van der Waals surface area contributed by atoms with Crippen LogP contribution in [0.25, 0.3) is 0 Å². The van der Waals surface area contributed by atoms with Crippen LogP contribution in [-0.2, 0) is 0 Å². The number of nitrogens with one attached hydrogen (secondary N) is 1. The average molecular weight is 176 g/mol. The van der Waals surface area contributed by atoms with Gasteiger partial charge in [0.2, 0.25) is 0 Å². The van der Waals surface area contributed by atoms with Gasteiger partial charge in [0.1, 0.15) is 0 Å². The van der Waals surface area contributed by atoms with E-state index >= 15 is 0 Å². The van der Waals surface area contributed by atoms with Crippen LogP contribution in [0, 0.1) is 12.0 Å². The van der Waals surface area contributed by atoms with Gasteiger partial charge in [0.25, 0.3) is 0 Å². The number of hydrogen-bond acceptors (Lipinski definition) is 1. The second-order valence-corrected chi connectivity index (χ2v) is 3.55. The third-order valence-electron chi connectivity index (χ3n) is 2.13. The van der Waals surface area contributed by atoms with Gasteiger partial charge in [-0.15, -0.1) is 0 Å². The van der Waals surface area contributed by atoms with Crippen molar-refractivity contribution in [2.75, 3.05) is 11.9 Å². The average Bonchev–Trinajstić information content (AvgIpc) is 2.17. The summed E-state index contributed by atoms with van der Waals surface area (Å²) < 4.78 is 0. The molecule has 1 N–H and O–H groups in total. The van der Waals surface area contributed by atoms with Gasteiger partial charge in [-0.3, -0.25) is 0 Å². The zero-order chi connectivity index (χ0) is 9.52. The first-order valence-electron chi connectivity index (χ1n) is 5.03. The predicted molar refractivity (Wildman–Crippen MR) is 57.8 cm³/mol. The summed E-state index contributed by atoms with van der Waals surface area (Å²) in [6, 6.07) is 11.2. The van der Waals surface area contributed by atoms with Crippen LogP contribution in [0.1, 0.15) is 26.7 Å². The minimum absolute atomic E-state index is 0.749. The molecule has 0 heterocycles. The highest BCUT2D eigenvalue weighted by molar-refractivity contribution is 5.40. The van der Waals surface area contributed by atoms with E-state index in [4.69, 9.17) is 0 Å². The van der Waals surface area contributed by atoms with Crippen molar-refractivity contribution in [3.05, 3.63) is 30.3 Å². The SMILES string of the molecule is CCCC(C)CNc1[c]cccc1. The summed E-state index contributed by atoms with van der Waals surface area (Å²) in [5, 5.41) is 3.37. The van der Waals surface area contributed by atoms with Gasteiger partial charge in [0.05, 0.1) is 0 Å². The van der Waals surface area contributed by atoms with Gasteiger partial charge in [-0.2, -0.15) is 0 Å². The molecule has 0 aliphatic rings. The lowest BCUT2D eigenvalue weighted by Gasteiger charge is -2.11. The molecule has 0 fully saturated rings. The Morgan fingerprint density at radius 3 is 2.92 bits per heavy atom. The summed E-state index contributed by atoms with van der Waals surface area (Å²) in [5.74, 6) is 0.749. The van der Waals surface area contributed by atoms with Gasteiger partial charge in [0.15, 0.2) is 0 Å². The van der Waals surface area contributed by atoms with E-state index in [2.05, 4.69) is 31.3 Å². The van der Waals surface area contributed by atoms with E-state index in [9.17, 15) is 0 Å². The van der Waals surface area contributed by atoms with Gasteiger partial charge < -0.3 is 5.32 Å². The molecule has 0 saturated carbocycles. The van der Waals surface area contributed by atoms with E-state index in [0.717, 1.165) is 18.2 Å². The fourth-order valence-electron chi connectivity index (χ4n) is 1.38. The standard InChI is InChI=1S/C12H18N/c1-3-7-11(2)10-13-12-8-5-4-6-9-12/h4-6,8,11,13H,3,7,10H2,1-2H3. The molecule has 1 aromatic rings. The molecular formula is C12H18N. The molecule has 1 unspecified atom stereocenters. The lowest BCUT2D eigenvalue weighted by molar-refractivity contribution is 0.551. The van der Waals surface area contributed by atoms with Gasteiger partial charge in [0, 0.05) is 18.3 Å². The molecule has 1 nitrogen and oxygen atoms in total. The number of para-hydroxylation sites is 1. The summed E-state index contributed by atoms with van der Waals surface area (Å²) in [5.41, 5.74) is 1.10. The van der Waals surface area contributed by atoms with Crippen LogP contribution >= 0.6 is 0 Å². The largest absolute Gasteiger partial charge is 0.384 e. The number of benzene rings is 1. The molecular weight excluding hydrogens is 158 g/mol. The molecule has 0 bridgehead atoms. The molecule has 1 radical (unpaired) electrons. The molecule has 71 valence electrons. The van der Waals surface area contributed by atoms with Crippen molar-refractivity contribution < 1.29 is 0 Å². The maximum atomic E-state index is 3.37. The van der Waals surface area contributed by atoms with Crippen LogP contribution in [0.5, 0.6) is 0 Å². The highest BCUT2D eigenvalue weighted by atomic mass is 14.9. The first kappa shape index (κ1) is 10.1. The highest BCUT2D eigenvalue weighted by Crippen LogP contribution is 2.08. The molecule has 0 spiro atoms. The molecule has 0 amide bonds. The van der Waals surface area contributed by atoms with Crippen molar-refractivity contribution in [2.45, 2.75) is 26.7 Å². The summed E-state index contributed by atoms with van der Waals surface area (Å²) in [4.78, 5) is 0. The molecule has 1 heteroatoms. The maximum absolute atomic E-state index is 3.37. The lowest BCUT2D eigenvalue weighted by atomic mass is 10.1. The molecule has 0 aromatic heterocycles. The summed E-state index contributed by atoms with van der Waals surface area (Å²) in [6.45, 7) is 5.55. The third-order valence-corrected chi connectivity index (χ3v) is 2.13. The quantitative estimate of drug-likeness (QED) is 0.725. The third kappa shape index (κ3) is 3.97. The fourth-order valence-corrected chi connectivity index (χ4v) is 1.38. The minimum atomic E-state index is 0.749. The molecule has 1 rings (SSSR count). The zero-order valence-corrected chi connectivity index (χ0v) is 8.51. The van der Waals surface area contributed by atoms with E-state index in [0.29, 0.717) is 0 Å². The Balaban J connectivity index is 2.27. The normalized spacial score (nSPS) is 12.5. The molecule has 0 saturated heterocycles. The summed E-state index contributed by atoms with van der Waals surface area (Å²) in [6.07, 6.45) is 2.56. The molecule has 1 atom stereocenters. The van der Waals surface area contributed by atoms with E-state index in [1.807, 2.05) is 18.2 Å². The van der Waals surface area contributed by atoms with Crippen LogP contribution in [0.2, 0.25) is 0 Å². The smallest absolute Gasteiger partial charge is 0.0420 e. The van der Waals surface area contributed by atoms with Crippen molar-refractivity contribution in [1.82, 2.24) is 0 Å². The topological polar surface area (TPSA) is 12.0 Å². The van der Waals surface area contributed by atoms with Crippen molar-refractivity contribution in [2.24, 2.45) is 5.92 Å². The lowest BCUT2D eigenvalue weighted by Crippen LogP contribution is -2.10. The first-order chi connectivity index (χ1) is 6.33. The fraction of sp³-hybridized carbons (Fsp3) is 0.500. The highest BCUT2D eigenvalue weighted by Gasteiger charge is 1.99. The van der Waals surface area contributed by atoms with Crippen LogP contribution in [0.15, 0.2) is 24.3 Å². The maximum Gasteiger partial charge on any atom is 0.0420 e. The predicted octanol–water partition coefficient (Wildman–Crippen LogP) is 3.33.